The van der Waals surface area contributed by atoms with Crippen LogP contribution in [0.2, 0.25) is 0 Å². The predicted octanol–water partition coefficient (Wildman–Crippen LogP) is 3.12. The maximum Gasteiger partial charge on any atom is 0.101 e. The van der Waals surface area contributed by atoms with Gasteiger partial charge in [-0.3, -0.25) is 0 Å². The fourth-order valence-electron chi connectivity index (χ4n) is 1.93. The molecule has 1 heterocycles. The molecule has 0 aromatic heterocycles. The number of benzene rings is 1. The lowest BCUT2D eigenvalue weighted by atomic mass is 10.1. The molecule has 88 valence electrons. The average Bonchev–Trinajstić information content (AvgIpc) is 2.69. The molecule has 0 aliphatic carbocycles. The molecule has 3 heteroatoms. The third kappa shape index (κ3) is 2.50. The fourth-order valence-corrected chi connectivity index (χ4v) is 1.93. The summed E-state index contributed by atoms with van der Waals surface area (Å²) in [5.74, 6) is 0. The molecule has 0 fully saturated rings. The summed E-state index contributed by atoms with van der Waals surface area (Å²) >= 11 is 0. The molecule has 1 aromatic carbocycles. The highest BCUT2D eigenvalue weighted by Crippen LogP contribution is 2.32. The summed E-state index contributed by atoms with van der Waals surface area (Å²) < 4.78 is 0. The topological polar surface area (TPSA) is 50.1 Å². The van der Waals surface area contributed by atoms with Gasteiger partial charge < -0.3 is 16.4 Å². The van der Waals surface area contributed by atoms with E-state index in [9.17, 15) is 0 Å². The van der Waals surface area contributed by atoms with Gasteiger partial charge in [-0.05, 0) is 23.8 Å². The van der Waals surface area contributed by atoms with Crippen LogP contribution in [0.25, 0.3) is 0 Å². The monoisotopic (exact) mass is 227 g/mol. The van der Waals surface area contributed by atoms with Crippen LogP contribution in [-0.2, 0) is 0 Å². The summed E-state index contributed by atoms with van der Waals surface area (Å²) in [6.07, 6.45) is 6.62. The van der Waals surface area contributed by atoms with Crippen LogP contribution in [0.5, 0.6) is 0 Å². The molecule has 17 heavy (non-hydrogen) atoms. The van der Waals surface area contributed by atoms with Crippen molar-refractivity contribution in [3.05, 3.63) is 55.2 Å². The number of anilines is 3. The molecule has 1 aromatic rings. The van der Waals surface area contributed by atoms with E-state index in [1.54, 1.807) is 6.08 Å². The third-order valence-corrected chi connectivity index (χ3v) is 2.74. The Morgan fingerprint density at radius 1 is 1.29 bits per heavy atom. The van der Waals surface area contributed by atoms with E-state index in [2.05, 4.69) is 23.8 Å². The van der Waals surface area contributed by atoms with Gasteiger partial charge in [0.05, 0.1) is 11.4 Å². The van der Waals surface area contributed by atoms with Crippen LogP contribution in [0.4, 0.5) is 17.1 Å². The van der Waals surface area contributed by atoms with Gasteiger partial charge in [0.15, 0.2) is 0 Å². The molecule has 0 saturated carbocycles. The summed E-state index contributed by atoms with van der Waals surface area (Å²) in [5, 5.41) is 6.78. The van der Waals surface area contributed by atoms with Crippen molar-refractivity contribution in [1.29, 1.82) is 0 Å². The van der Waals surface area contributed by atoms with Gasteiger partial charge in [0.1, 0.15) is 6.17 Å². The second-order valence-electron chi connectivity index (χ2n) is 4.03. The van der Waals surface area contributed by atoms with Gasteiger partial charge in [-0.25, -0.2) is 0 Å². The lowest BCUT2D eigenvalue weighted by molar-refractivity contribution is 0.835. The predicted molar refractivity (Wildman–Crippen MR) is 75.0 cm³/mol. The van der Waals surface area contributed by atoms with Crippen LogP contribution in [0.15, 0.2) is 55.2 Å². The zero-order valence-corrected chi connectivity index (χ0v) is 9.74. The minimum atomic E-state index is 0.177. The lowest BCUT2D eigenvalue weighted by Crippen LogP contribution is -2.22. The summed E-state index contributed by atoms with van der Waals surface area (Å²) in [7, 11) is 0. The molecule has 1 unspecified atom stereocenters. The molecule has 0 saturated heterocycles. The van der Waals surface area contributed by atoms with Crippen molar-refractivity contribution in [1.82, 2.24) is 0 Å². The average molecular weight is 227 g/mol. The summed E-state index contributed by atoms with van der Waals surface area (Å²) in [6.45, 7) is 7.49. The second kappa shape index (κ2) is 4.78. The number of hydrogen-bond donors (Lipinski definition) is 3. The Morgan fingerprint density at radius 2 is 2.06 bits per heavy atom. The number of hydrogen-bond acceptors (Lipinski definition) is 3. The van der Waals surface area contributed by atoms with E-state index in [1.807, 2.05) is 30.4 Å². The van der Waals surface area contributed by atoms with Gasteiger partial charge >= 0.3 is 0 Å². The number of rotatable bonds is 4. The largest absolute Gasteiger partial charge is 0.399 e. The number of nitrogen functional groups attached to an aromatic ring is 1. The van der Waals surface area contributed by atoms with Crippen LogP contribution in [0.1, 0.15) is 6.42 Å². The van der Waals surface area contributed by atoms with Crippen molar-refractivity contribution in [3.63, 3.8) is 0 Å². The molecule has 0 spiro atoms. The zero-order valence-electron chi connectivity index (χ0n) is 9.74. The smallest absolute Gasteiger partial charge is 0.101 e. The van der Waals surface area contributed by atoms with E-state index in [-0.39, 0.29) is 6.17 Å². The number of fused-ring (bicyclic) bond motifs is 1. The Bertz CT molecular complexity index is 474. The maximum absolute atomic E-state index is 5.74. The molecule has 1 atom stereocenters. The molecular weight excluding hydrogens is 210 g/mol. The van der Waals surface area contributed by atoms with E-state index in [4.69, 9.17) is 5.73 Å². The van der Waals surface area contributed by atoms with E-state index in [0.29, 0.717) is 0 Å². The first kappa shape index (κ1) is 11.3. The standard InChI is InChI=1S/C14H17N3/c1-3-5-10(4-2)8-14-16-12-7-6-11(15)9-13(12)17-14/h3-7,9,14,16-17H,1-2,8,15H2/b10-5+. The van der Waals surface area contributed by atoms with Crippen molar-refractivity contribution >= 4 is 17.1 Å². The molecular formula is C14H17N3. The van der Waals surface area contributed by atoms with Crippen molar-refractivity contribution in [3.8, 4) is 0 Å². The Morgan fingerprint density at radius 3 is 2.76 bits per heavy atom. The zero-order chi connectivity index (χ0) is 12.3. The summed E-state index contributed by atoms with van der Waals surface area (Å²) in [4.78, 5) is 0. The first-order chi connectivity index (χ1) is 8.22. The van der Waals surface area contributed by atoms with Crippen molar-refractivity contribution in [2.45, 2.75) is 12.6 Å². The minimum Gasteiger partial charge on any atom is -0.399 e. The van der Waals surface area contributed by atoms with Crippen molar-refractivity contribution in [2.75, 3.05) is 16.4 Å². The third-order valence-electron chi connectivity index (χ3n) is 2.74. The van der Waals surface area contributed by atoms with Gasteiger partial charge in [-0.15, -0.1) is 0 Å². The fraction of sp³-hybridized carbons (Fsp3) is 0.143. The SMILES string of the molecule is C=C/C=C(\C=C)CC1Nc2ccc(N)cc2N1. The Balaban J connectivity index is 2.07. The molecule has 2 rings (SSSR count). The molecule has 1 aliphatic rings. The van der Waals surface area contributed by atoms with Gasteiger partial charge in [-0.1, -0.05) is 31.4 Å². The highest BCUT2D eigenvalue weighted by atomic mass is 15.2. The first-order valence-electron chi connectivity index (χ1n) is 5.59. The summed E-state index contributed by atoms with van der Waals surface area (Å²) in [5.41, 5.74) is 9.80. The van der Waals surface area contributed by atoms with Crippen LogP contribution in [0, 0.1) is 0 Å². The van der Waals surface area contributed by atoms with Gasteiger partial charge in [-0.2, -0.15) is 0 Å². The Hall–Kier alpha value is -2.16. The van der Waals surface area contributed by atoms with E-state index in [0.717, 1.165) is 29.1 Å². The molecule has 0 radical (unpaired) electrons. The van der Waals surface area contributed by atoms with Crippen LogP contribution in [0.3, 0.4) is 0 Å². The molecule has 0 bridgehead atoms. The highest BCUT2D eigenvalue weighted by molar-refractivity contribution is 5.77. The normalized spacial score (nSPS) is 17.9. The van der Waals surface area contributed by atoms with E-state index >= 15 is 0 Å². The van der Waals surface area contributed by atoms with E-state index < -0.39 is 0 Å². The second-order valence-corrected chi connectivity index (χ2v) is 4.03. The van der Waals surface area contributed by atoms with Crippen LogP contribution >= 0.6 is 0 Å². The Kier molecular flexibility index (Phi) is 3.19. The molecule has 0 amide bonds. The van der Waals surface area contributed by atoms with Gasteiger partial charge in [0.25, 0.3) is 0 Å². The highest BCUT2D eigenvalue weighted by Gasteiger charge is 2.19. The van der Waals surface area contributed by atoms with Gasteiger partial charge in [0.2, 0.25) is 0 Å². The number of allylic oxidation sites excluding steroid dienone is 3. The van der Waals surface area contributed by atoms with Crippen molar-refractivity contribution in [2.24, 2.45) is 0 Å². The number of nitrogens with one attached hydrogen (secondary N) is 2. The van der Waals surface area contributed by atoms with E-state index in [1.165, 1.54) is 0 Å². The maximum atomic E-state index is 5.74. The summed E-state index contributed by atoms with van der Waals surface area (Å²) in [6, 6.07) is 5.82. The first-order valence-corrected chi connectivity index (χ1v) is 5.59. The lowest BCUT2D eigenvalue weighted by Gasteiger charge is -2.12. The quantitative estimate of drug-likeness (QED) is 0.547. The molecule has 3 nitrogen and oxygen atoms in total. The van der Waals surface area contributed by atoms with Gasteiger partial charge in [0, 0.05) is 12.1 Å². The Labute approximate surface area is 102 Å². The number of nitrogens with two attached hydrogens (primary N) is 1. The van der Waals surface area contributed by atoms with Crippen LogP contribution in [-0.4, -0.2) is 6.17 Å². The molecule has 4 N–H and O–H groups in total. The van der Waals surface area contributed by atoms with Crippen molar-refractivity contribution < 1.29 is 0 Å². The van der Waals surface area contributed by atoms with Crippen LogP contribution < -0.4 is 16.4 Å². The molecule has 1 aliphatic heterocycles. The minimum absolute atomic E-state index is 0.177.